The van der Waals surface area contributed by atoms with Gasteiger partial charge in [0, 0.05) is 18.7 Å². The van der Waals surface area contributed by atoms with E-state index in [4.69, 9.17) is 4.74 Å². The van der Waals surface area contributed by atoms with Gasteiger partial charge in [-0.25, -0.2) is 4.79 Å². The molecule has 0 fully saturated rings. The molecule has 4 rings (SSSR count). The van der Waals surface area contributed by atoms with Gasteiger partial charge in [-0.05, 0) is 55.2 Å². The van der Waals surface area contributed by atoms with Crippen molar-refractivity contribution in [2.75, 3.05) is 17.3 Å². The number of benzene rings is 2. The predicted molar refractivity (Wildman–Crippen MR) is 117 cm³/mol. The van der Waals surface area contributed by atoms with E-state index < -0.39 is 0 Å². The molecular formula is C23H27N5O2. The zero-order valence-corrected chi connectivity index (χ0v) is 17.5. The number of nitrogens with zero attached hydrogens (tertiary/aromatic N) is 4. The Labute approximate surface area is 176 Å². The lowest BCUT2D eigenvalue weighted by atomic mass is 10.2. The molecule has 1 N–H and O–H groups in total. The topological polar surface area (TPSA) is 72.3 Å². The number of anilines is 2. The van der Waals surface area contributed by atoms with E-state index >= 15 is 0 Å². The van der Waals surface area contributed by atoms with Crippen LogP contribution in [0.2, 0.25) is 0 Å². The first kappa shape index (κ1) is 19.9. The van der Waals surface area contributed by atoms with Gasteiger partial charge in [0.1, 0.15) is 11.6 Å². The Bertz CT molecular complexity index is 1010. The minimum Gasteiger partial charge on any atom is -0.497 e. The molecule has 0 unspecified atom stereocenters. The van der Waals surface area contributed by atoms with Crippen molar-refractivity contribution in [1.29, 1.82) is 0 Å². The lowest BCUT2D eigenvalue weighted by molar-refractivity contribution is 0.256. The summed E-state index contributed by atoms with van der Waals surface area (Å²) in [4.78, 5) is 15.0. The van der Waals surface area contributed by atoms with Crippen LogP contribution < -0.4 is 15.0 Å². The number of amides is 2. The van der Waals surface area contributed by atoms with E-state index in [1.54, 1.807) is 12.0 Å². The highest BCUT2D eigenvalue weighted by Gasteiger charge is 2.25. The third kappa shape index (κ3) is 4.45. The fourth-order valence-corrected chi connectivity index (χ4v) is 3.73. The van der Waals surface area contributed by atoms with Gasteiger partial charge in [0.15, 0.2) is 0 Å². The van der Waals surface area contributed by atoms with Crippen molar-refractivity contribution in [3.05, 3.63) is 65.5 Å². The van der Waals surface area contributed by atoms with Crippen LogP contribution in [0.4, 0.5) is 16.4 Å². The summed E-state index contributed by atoms with van der Waals surface area (Å²) >= 11 is 0. The third-order valence-corrected chi connectivity index (χ3v) is 5.35. The van der Waals surface area contributed by atoms with Crippen LogP contribution in [0, 0.1) is 6.92 Å². The number of urea groups is 1. The molecule has 30 heavy (non-hydrogen) atoms. The van der Waals surface area contributed by atoms with Gasteiger partial charge in [-0.1, -0.05) is 30.7 Å². The SMILES string of the molecule is COc1ccc(CN(C(=O)Nc2cccc(C)c2)c2nnc3n2CCCCC3)cc1. The molecule has 156 valence electrons. The first-order valence-electron chi connectivity index (χ1n) is 10.3. The first-order chi connectivity index (χ1) is 14.6. The smallest absolute Gasteiger partial charge is 0.329 e. The molecular weight excluding hydrogens is 378 g/mol. The average molecular weight is 406 g/mol. The molecule has 0 radical (unpaired) electrons. The molecule has 1 aliphatic heterocycles. The lowest BCUT2D eigenvalue weighted by Gasteiger charge is -2.23. The normalized spacial score (nSPS) is 13.3. The van der Waals surface area contributed by atoms with Gasteiger partial charge in [-0.2, -0.15) is 0 Å². The van der Waals surface area contributed by atoms with Crippen molar-refractivity contribution >= 4 is 17.7 Å². The van der Waals surface area contributed by atoms with Crippen LogP contribution in [0.25, 0.3) is 0 Å². The summed E-state index contributed by atoms with van der Waals surface area (Å²) in [5, 5.41) is 11.8. The van der Waals surface area contributed by atoms with Crippen LogP contribution in [-0.2, 0) is 19.5 Å². The molecule has 0 spiro atoms. The highest BCUT2D eigenvalue weighted by Crippen LogP contribution is 2.24. The largest absolute Gasteiger partial charge is 0.497 e. The molecule has 0 saturated carbocycles. The molecule has 1 aliphatic rings. The number of nitrogens with one attached hydrogen (secondary N) is 1. The second kappa shape index (κ2) is 8.98. The van der Waals surface area contributed by atoms with E-state index in [9.17, 15) is 4.79 Å². The second-order valence-corrected chi connectivity index (χ2v) is 7.61. The molecule has 2 aromatic carbocycles. The summed E-state index contributed by atoms with van der Waals surface area (Å²) in [5.41, 5.74) is 2.84. The Kier molecular flexibility index (Phi) is 5.97. The maximum absolute atomic E-state index is 13.3. The number of aryl methyl sites for hydroxylation is 2. The number of ether oxygens (including phenoxy) is 1. The van der Waals surface area contributed by atoms with Crippen LogP contribution >= 0.6 is 0 Å². The summed E-state index contributed by atoms with van der Waals surface area (Å²) in [5.74, 6) is 2.32. The second-order valence-electron chi connectivity index (χ2n) is 7.61. The maximum Gasteiger partial charge on any atom is 0.329 e. The highest BCUT2D eigenvalue weighted by atomic mass is 16.5. The predicted octanol–water partition coefficient (Wildman–Crippen LogP) is 4.56. The van der Waals surface area contributed by atoms with Crippen molar-refractivity contribution in [2.24, 2.45) is 0 Å². The summed E-state index contributed by atoms with van der Waals surface area (Å²) in [6.07, 6.45) is 4.22. The molecule has 7 heteroatoms. The van der Waals surface area contributed by atoms with E-state index in [2.05, 4.69) is 20.1 Å². The molecule has 2 heterocycles. The highest BCUT2D eigenvalue weighted by molar-refractivity contribution is 6.00. The van der Waals surface area contributed by atoms with Crippen LogP contribution in [0.5, 0.6) is 5.75 Å². The summed E-state index contributed by atoms with van der Waals surface area (Å²) < 4.78 is 7.34. The maximum atomic E-state index is 13.3. The fourth-order valence-electron chi connectivity index (χ4n) is 3.73. The standard InChI is InChI=1S/C23H27N5O2/c1-17-7-6-8-19(15-17)24-23(29)28(16-18-10-12-20(30-2)13-11-18)22-26-25-21-9-4-3-5-14-27(21)22/h6-8,10-13,15H,3-5,9,14,16H2,1-2H3,(H,24,29). The van der Waals surface area contributed by atoms with Crippen LogP contribution in [0.3, 0.4) is 0 Å². The van der Waals surface area contributed by atoms with Gasteiger partial charge < -0.3 is 10.1 Å². The summed E-state index contributed by atoms with van der Waals surface area (Å²) in [6, 6.07) is 15.3. The van der Waals surface area contributed by atoms with Gasteiger partial charge in [-0.15, -0.1) is 10.2 Å². The number of carbonyl (C=O) groups is 1. The van der Waals surface area contributed by atoms with Crippen LogP contribution in [-0.4, -0.2) is 27.9 Å². The molecule has 0 saturated heterocycles. The monoisotopic (exact) mass is 405 g/mol. The van der Waals surface area contributed by atoms with Crippen molar-refractivity contribution in [2.45, 2.75) is 45.7 Å². The number of aromatic nitrogens is 3. The number of hydrogen-bond donors (Lipinski definition) is 1. The summed E-state index contributed by atoms with van der Waals surface area (Å²) in [7, 11) is 1.64. The van der Waals surface area contributed by atoms with Gasteiger partial charge in [0.05, 0.1) is 13.7 Å². The minimum atomic E-state index is -0.226. The van der Waals surface area contributed by atoms with E-state index in [0.717, 1.165) is 60.6 Å². The Morgan fingerprint density at radius 2 is 1.97 bits per heavy atom. The average Bonchev–Trinajstić information content (AvgIpc) is 2.99. The molecule has 2 amide bonds. The Hall–Kier alpha value is -3.35. The van der Waals surface area contributed by atoms with Gasteiger partial charge in [0.25, 0.3) is 0 Å². The van der Waals surface area contributed by atoms with E-state index in [1.165, 1.54) is 0 Å². The fraction of sp³-hybridized carbons (Fsp3) is 0.348. The van der Waals surface area contributed by atoms with Gasteiger partial charge in [0.2, 0.25) is 5.95 Å². The lowest BCUT2D eigenvalue weighted by Crippen LogP contribution is -2.36. The first-order valence-corrected chi connectivity index (χ1v) is 10.3. The van der Waals surface area contributed by atoms with Crippen molar-refractivity contribution in [1.82, 2.24) is 14.8 Å². The quantitative estimate of drug-likeness (QED) is 0.675. The van der Waals surface area contributed by atoms with Crippen LogP contribution in [0.1, 0.15) is 36.2 Å². The van der Waals surface area contributed by atoms with Crippen molar-refractivity contribution < 1.29 is 9.53 Å². The number of fused-ring (bicyclic) bond motifs is 1. The number of rotatable bonds is 5. The zero-order valence-electron chi connectivity index (χ0n) is 17.5. The Balaban J connectivity index is 1.65. The molecule has 0 atom stereocenters. The molecule has 7 nitrogen and oxygen atoms in total. The number of methoxy groups -OCH3 is 1. The number of hydrogen-bond acceptors (Lipinski definition) is 4. The third-order valence-electron chi connectivity index (χ3n) is 5.35. The molecule has 3 aromatic rings. The number of carbonyl (C=O) groups excluding carboxylic acids is 1. The van der Waals surface area contributed by atoms with Gasteiger partial charge in [-0.3, -0.25) is 9.47 Å². The molecule has 0 bridgehead atoms. The van der Waals surface area contributed by atoms with E-state index in [-0.39, 0.29) is 6.03 Å². The Morgan fingerprint density at radius 1 is 1.13 bits per heavy atom. The summed E-state index contributed by atoms with van der Waals surface area (Å²) in [6.45, 7) is 3.22. The molecule has 0 aliphatic carbocycles. The molecule has 1 aromatic heterocycles. The van der Waals surface area contributed by atoms with E-state index in [1.807, 2.05) is 55.5 Å². The zero-order chi connectivity index (χ0) is 20.9. The minimum absolute atomic E-state index is 0.226. The van der Waals surface area contributed by atoms with E-state index in [0.29, 0.717) is 12.5 Å². The van der Waals surface area contributed by atoms with Crippen molar-refractivity contribution in [3.8, 4) is 5.75 Å². The van der Waals surface area contributed by atoms with Gasteiger partial charge >= 0.3 is 6.03 Å². The Morgan fingerprint density at radius 3 is 2.73 bits per heavy atom. The van der Waals surface area contributed by atoms with Crippen LogP contribution in [0.15, 0.2) is 48.5 Å². The van der Waals surface area contributed by atoms with Crippen molar-refractivity contribution in [3.63, 3.8) is 0 Å².